The molecule has 152 valence electrons. The van der Waals surface area contributed by atoms with Gasteiger partial charge in [0.25, 0.3) is 5.91 Å². The Morgan fingerprint density at radius 3 is 2.63 bits per heavy atom. The van der Waals surface area contributed by atoms with E-state index in [0.717, 1.165) is 16.1 Å². The SMILES string of the molecule is COc1ccc(-c2cccc(NC(C)=O)c2)n2nc(NC(=O)c3ccc(C)s3)nc12. The summed E-state index contributed by atoms with van der Waals surface area (Å²) in [4.78, 5) is 30.0. The van der Waals surface area contributed by atoms with Gasteiger partial charge in [-0.1, -0.05) is 12.1 Å². The van der Waals surface area contributed by atoms with E-state index in [4.69, 9.17) is 4.74 Å². The van der Waals surface area contributed by atoms with Crippen LogP contribution >= 0.6 is 11.3 Å². The molecule has 2 N–H and O–H groups in total. The number of benzene rings is 1. The van der Waals surface area contributed by atoms with Gasteiger partial charge in [-0.05, 0) is 43.3 Å². The lowest BCUT2D eigenvalue weighted by molar-refractivity contribution is -0.114. The van der Waals surface area contributed by atoms with Gasteiger partial charge in [0, 0.05) is 23.1 Å². The number of hydrogen-bond donors (Lipinski definition) is 2. The molecule has 0 radical (unpaired) electrons. The van der Waals surface area contributed by atoms with E-state index in [9.17, 15) is 9.59 Å². The van der Waals surface area contributed by atoms with Gasteiger partial charge in [0.2, 0.25) is 11.9 Å². The van der Waals surface area contributed by atoms with Crippen LogP contribution in [0.15, 0.2) is 48.5 Å². The summed E-state index contributed by atoms with van der Waals surface area (Å²) in [5.74, 6) is 0.283. The van der Waals surface area contributed by atoms with Gasteiger partial charge in [-0.25, -0.2) is 4.52 Å². The first kappa shape index (κ1) is 19.6. The van der Waals surface area contributed by atoms with Crippen LogP contribution in [0.1, 0.15) is 21.5 Å². The summed E-state index contributed by atoms with van der Waals surface area (Å²) in [6.07, 6.45) is 0. The number of ether oxygens (including phenoxy) is 1. The zero-order valence-electron chi connectivity index (χ0n) is 16.6. The van der Waals surface area contributed by atoms with Gasteiger partial charge in [-0.2, -0.15) is 4.98 Å². The molecule has 30 heavy (non-hydrogen) atoms. The zero-order valence-corrected chi connectivity index (χ0v) is 17.4. The van der Waals surface area contributed by atoms with Gasteiger partial charge in [-0.3, -0.25) is 14.9 Å². The Kier molecular flexibility index (Phi) is 5.20. The smallest absolute Gasteiger partial charge is 0.268 e. The summed E-state index contributed by atoms with van der Waals surface area (Å²) >= 11 is 1.40. The molecule has 0 aliphatic heterocycles. The van der Waals surface area contributed by atoms with Crippen LogP contribution in [-0.4, -0.2) is 33.5 Å². The molecule has 0 unspecified atom stereocenters. The highest BCUT2D eigenvalue weighted by atomic mass is 32.1. The molecule has 0 aliphatic carbocycles. The number of pyridine rings is 1. The summed E-state index contributed by atoms with van der Waals surface area (Å²) in [5.41, 5.74) is 2.70. The lowest BCUT2D eigenvalue weighted by atomic mass is 10.1. The molecule has 0 bridgehead atoms. The number of thiophene rings is 1. The molecule has 8 nitrogen and oxygen atoms in total. The van der Waals surface area contributed by atoms with Crippen molar-refractivity contribution in [1.82, 2.24) is 14.6 Å². The highest BCUT2D eigenvalue weighted by Gasteiger charge is 2.17. The Bertz CT molecular complexity index is 1260. The van der Waals surface area contributed by atoms with Gasteiger partial charge in [0.05, 0.1) is 17.7 Å². The number of fused-ring (bicyclic) bond motifs is 1. The zero-order chi connectivity index (χ0) is 21.3. The summed E-state index contributed by atoms with van der Waals surface area (Å²) in [6, 6.07) is 14.7. The van der Waals surface area contributed by atoms with Crippen molar-refractivity contribution in [3.8, 4) is 17.0 Å². The fraction of sp³-hybridized carbons (Fsp3) is 0.143. The molecule has 9 heteroatoms. The highest BCUT2D eigenvalue weighted by Crippen LogP contribution is 2.28. The topological polar surface area (TPSA) is 97.6 Å². The third-order valence-corrected chi connectivity index (χ3v) is 5.34. The number of methoxy groups -OCH3 is 1. The van der Waals surface area contributed by atoms with Crippen molar-refractivity contribution in [2.24, 2.45) is 0 Å². The molecule has 3 heterocycles. The number of nitrogens with zero attached hydrogens (tertiary/aromatic N) is 3. The van der Waals surface area contributed by atoms with Gasteiger partial charge < -0.3 is 10.1 Å². The van der Waals surface area contributed by atoms with Crippen molar-refractivity contribution < 1.29 is 14.3 Å². The van der Waals surface area contributed by atoms with E-state index >= 15 is 0 Å². The minimum Gasteiger partial charge on any atom is -0.493 e. The molecule has 4 rings (SSSR count). The number of hydrogen-bond acceptors (Lipinski definition) is 6. The first-order valence-corrected chi connectivity index (χ1v) is 9.96. The van der Waals surface area contributed by atoms with Crippen LogP contribution in [0.2, 0.25) is 0 Å². The molecule has 4 aromatic rings. The van der Waals surface area contributed by atoms with Crippen molar-refractivity contribution in [3.05, 3.63) is 58.3 Å². The van der Waals surface area contributed by atoms with Gasteiger partial charge in [-0.15, -0.1) is 16.4 Å². The normalized spacial score (nSPS) is 10.8. The summed E-state index contributed by atoms with van der Waals surface area (Å²) in [7, 11) is 1.55. The van der Waals surface area contributed by atoms with Crippen molar-refractivity contribution in [1.29, 1.82) is 0 Å². The molecular formula is C21H19N5O3S. The number of amides is 2. The summed E-state index contributed by atoms with van der Waals surface area (Å²) in [6.45, 7) is 3.40. The second kappa shape index (κ2) is 7.96. The van der Waals surface area contributed by atoms with Crippen molar-refractivity contribution in [2.45, 2.75) is 13.8 Å². The lowest BCUT2D eigenvalue weighted by Gasteiger charge is -2.09. The second-order valence-electron chi connectivity index (χ2n) is 6.58. The second-order valence-corrected chi connectivity index (χ2v) is 7.87. The Labute approximate surface area is 176 Å². The van der Waals surface area contributed by atoms with E-state index in [1.54, 1.807) is 23.8 Å². The number of aryl methyl sites for hydroxylation is 1. The molecular weight excluding hydrogens is 402 g/mol. The summed E-state index contributed by atoms with van der Waals surface area (Å²) in [5, 5.41) is 9.99. The molecule has 0 fully saturated rings. The number of carbonyl (C=O) groups excluding carboxylic acids is 2. The number of aromatic nitrogens is 3. The van der Waals surface area contributed by atoms with Crippen LogP contribution in [0.3, 0.4) is 0 Å². The van der Waals surface area contributed by atoms with E-state index in [2.05, 4.69) is 20.7 Å². The fourth-order valence-corrected chi connectivity index (χ4v) is 3.81. The first-order chi connectivity index (χ1) is 14.4. The first-order valence-electron chi connectivity index (χ1n) is 9.14. The largest absolute Gasteiger partial charge is 0.493 e. The minimum atomic E-state index is -0.267. The van der Waals surface area contributed by atoms with Crippen LogP contribution in [0.4, 0.5) is 11.6 Å². The van der Waals surface area contributed by atoms with Crippen molar-refractivity contribution in [2.75, 3.05) is 17.7 Å². The van der Waals surface area contributed by atoms with Crippen LogP contribution < -0.4 is 15.4 Å². The predicted octanol–water partition coefficient (Wildman–Crippen LogP) is 3.99. The van der Waals surface area contributed by atoms with E-state index in [1.807, 2.05) is 43.3 Å². The third-order valence-electron chi connectivity index (χ3n) is 4.34. The van der Waals surface area contributed by atoms with Crippen LogP contribution in [-0.2, 0) is 4.79 Å². The fourth-order valence-electron chi connectivity index (χ4n) is 3.05. The molecule has 0 spiro atoms. The molecule has 2 amide bonds. The maximum atomic E-state index is 12.5. The van der Waals surface area contributed by atoms with Gasteiger partial charge >= 0.3 is 0 Å². The number of carbonyl (C=O) groups is 2. The Morgan fingerprint density at radius 2 is 1.93 bits per heavy atom. The number of anilines is 2. The van der Waals surface area contributed by atoms with E-state index < -0.39 is 0 Å². The Balaban J connectivity index is 1.75. The third kappa shape index (κ3) is 3.87. The van der Waals surface area contributed by atoms with E-state index in [-0.39, 0.29) is 17.8 Å². The molecule has 0 atom stereocenters. The maximum absolute atomic E-state index is 12.5. The number of rotatable bonds is 5. The lowest BCUT2D eigenvalue weighted by Crippen LogP contribution is -2.11. The monoisotopic (exact) mass is 421 g/mol. The highest BCUT2D eigenvalue weighted by molar-refractivity contribution is 7.14. The van der Waals surface area contributed by atoms with Crippen LogP contribution in [0.5, 0.6) is 5.75 Å². The Hall–Kier alpha value is -3.72. The molecule has 1 aromatic carbocycles. The molecule has 0 aliphatic rings. The minimum absolute atomic E-state index is 0.151. The molecule has 0 saturated heterocycles. The standard InChI is InChI=1S/C21H19N5O3S/c1-12-7-10-18(30-12)20(28)24-21-23-19-17(29-3)9-8-16(26(19)25-21)14-5-4-6-15(11-14)22-13(2)27/h4-11H,1-3H3,(H,22,27)(H,24,25,28). The predicted molar refractivity (Wildman–Crippen MR) is 116 cm³/mol. The average molecular weight is 421 g/mol. The number of nitrogens with one attached hydrogen (secondary N) is 2. The van der Waals surface area contributed by atoms with E-state index in [1.165, 1.54) is 18.3 Å². The van der Waals surface area contributed by atoms with Crippen molar-refractivity contribution >= 4 is 40.4 Å². The summed E-state index contributed by atoms with van der Waals surface area (Å²) < 4.78 is 7.02. The maximum Gasteiger partial charge on any atom is 0.268 e. The van der Waals surface area contributed by atoms with Crippen LogP contribution in [0, 0.1) is 6.92 Å². The quantitative estimate of drug-likeness (QED) is 0.508. The average Bonchev–Trinajstić information content (AvgIpc) is 3.33. The molecule has 3 aromatic heterocycles. The van der Waals surface area contributed by atoms with Crippen molar-refractivity contribution in [3.63, 3.8) is 0 Å². The Morgan fingerprint density at radius 1 is 1.10 bits per heavy atom. The van der Waals surface area contributed by atoms with Gasteiger partial charge in [0.1, 0.15) is 0 Å². The van der Waals surface area contributed by atoms with Crippen LogP contribution in [0.25, 0.3) is 16.9 Å². The van der Waals surface area contributed by atoms with E-state index in [0.29, 0.717) is 22.0 Å². The molecule has 0 saturated carbocycles. The van der Waals surface area contributed by atoms with Gasteiger partial charge in [0.15, 0.2) is 11.4 Å².